The Morgan fingerprint density at radius 2 is 1.79 bits per heavy atom. The number of carbonyl (C=O) groups excluding carboxylic acids is 2. The number of amides is 2. The molecule has 8 nitrogen and oxygen atoms in total. The molecular weight excluding hydrogens is 368 g/mol. The second kappa shape index (κ2) is 6.73. The van der Waals surface area contributed by atoms with Crippen LogP contribution in [-0.4, -0.2) is 38.8 Å². The molecule has 0 aliphatic carbocycles. The lowest BCUT2D eigenvalue weighted by atomic mass is 9.85. The number of aromatic nitrogens is 4. The number of nitrogens with one attached hydrogen (secondary N) is 1. The van der Waals surface area contributed by atoms with Crippen LogP contribution in [0.3, 0.4) is 0 Å². The fourth-order valence-electron chi connectivity index (χ4n) is 3.40. The van der Waals surface area contributed by atoms with Crippen molar-refractivity contribution in [3.63, 3.8) is 0 Å². The van der Waals surface area contributed by atoms with E-state index in [0.29, 0.717) is 17.3 Å². The van der Waals surface area contributed by atoms with Gasteiger partial charge in [-0.2, -0.15) is 0 Å². The highest BCUT2D eigenvalue weighted by Gasteiger charge is 2.45. The maximum atomic E-state index is 13.3. The van der Waals surface area contributed by atoms with E-state index in [0.717, 1.165) is 16.7 Å². The molecule has 29 heavy (non-hydrogen) atoms. The van der Waals surface area contributed by atoms with Gasteiger partial charge in [0.25, 0.3) is 5.91 Å². The minimum atomic E-state index is -0.734. The van der Waals surface area contributed by atoms with Crippen molar-refractivity contribution in [1.29, 1.82) is 0 Å². The number of benzene rings is 1. The quantitative estimate of drug-likeness (QED) is 0.740. The first-order chi connectivity index (χ1) is 13.8. The molecule has 1 aromatic carbocycles. The van der Waals surface area contributed by atoms with E-state index in [9.17, 15) is 9.59 Å². The van der Waals surface area contributed by atoms with Crippen molar-refractivity contribution < 1.29 is 9.59 Å². The predicted octanol–water partition coefficient (Wildman–Crippen LogP) is 2.56. The molecule has 4 rings (SSSR count). The lowest BCUT2D eigenvalue weighted by molar-refractivity contribution is -0.121. The summed E-state index contributed by atoms with van der Waals surface area (Å²) < 4.78 is 0. The summed E-state index contributed by atoms with van der Waals surface area (Å²) in [5.74, 6) is 0.499. The molecule has 1 N–H and O–H groups in total. The van der Waals surface area contributed by atoms with Gasteiger partial charge >= 0.3 is 0 Å². The summed E-state index contributed by atoms with van der Waals surface area (Å²) >= 11 is 0. The fourth-order valence-corrected chi connectivity index (χ4v) is 3.40. The van der Waals surface area contributed by atoms with E-state index in [-0.39, 0.29) is 17.5 Å². The lowest BCUT2D eigenvalue weighted by Crippen LogP contribution is -2.34. The second-order valence-electron chi connectivity index (χ2n) is 7.36. The van der Waals surface area contributed by atoms with Crippen LogP contribution in [0.15, 0.2) is 43.0 Å². The van der Waals surface area contributed by atoms with E-state index >= 15 is 0 Å². The third-order valence-electron chi connectivity index (χ3n) is 5.07. The van der Waals surface area contributed by atoms with E-state index in [1.54, 1.807) is 12.4 Å². The van der Waals surface area contributed by atoms with E-state index < -0.39 is 5.41 Å². The first-order valence-electron chi connectivity index (χ1n) is 9.15. The van der Waals surface area contributed by atoms with Gasteiger partial charge in [0.15, 0.2) is 5.82 Å². The van der Waals surface area contributed by atoms with Crippen molar-refractivity contribution in [2.24, 2.45) is 0 Å². The van der Waals surface area contributed by atoms with Crippen molar-refractivity contribution in [3.05, 3.63) is 60.1 Å². The number of rotatable bonds is 3. The Bertz CT molecular complexity index is 1120. The molecule has 3 heterocycles. The van der Waals surface area contributed by atoms with Gasteiger partial charge < -0.3 is 5.32 Å². The van der Waals surface area contributed by atoms with Crippen LogP contribution in [0, 0.1) is 6.92 Å². The highest BCUT2D eigenvalue weighted by atomic mass is 16.2. The normalized spacial score (nSPS) is 14.6. The van der Waals surface area contributed by atoms with Crippen molar-refractivity contribution in [2.75, 3.05) is 11.9 Å². The van der Waals surface area contributed by atoms with E-state index in [2.05, 4.69) is 25.3 Å². The van der Waals surface area contributed by atoms with Crippen LogP contribution in [0.25, 0.3) is 11.1 Å². The van der Waals surface area contributed by atoms with Gasteiger partial charge in [-0.3, -0.25) is 19.5 Å². The van der Waals surface area contributed by atoms with Gasteiger partial charge in [0.05, 0.1) is 23.5 Å². The molecule has 2 aromatic heterocycles. The number of hydrogen-bond acceptors (Lipinski definition) is 6. The highest BCUT2D eigenvalue weighted by Crippen LogP contribution is 2.46. The second-order valence-corrected chi connectivity index (χ2v) is 7.36. The summed E-state index contributed by atoms with van der Waals surface area (Å²) in [4.78, 5) is 43.7. The predicted molar refractivity (Wildman–Crippen MR) is 108 cm³/mol. The molecule has 2 amide bonds. The molecule has 0 saturated heterocycles. The highest BCUT2D eigenvalue weighted by molar-refractivity contribution is 6.12. The Morgan fingerprint density at radius 3 is 2.48 bits per heavy atom. The Kier molecular flexibility index (Phi) is 4.34. The Labute approximate surface area is 168 Å². The summed E-state index contributed by atoms with van der Waals surface area (Å²) in [5.41, 5.74) is 2.73. The van der Waals surface area contributed by atoms with Crippen molar-refractivity contribution >= 4 is 23.3 Å². The zero-order chi connectivity index (χ0) is 20.8. The molecule has 146 valence electrons. The number of carbonyl (C=O) groups is 2. The summed E-state index contributed by atoms with van der Waals surface area (Å²) in [6.07, 6.45) is 6.36. The van der Waals surface area contributed by atoms with Crippen LogP contribution >= 0.6 is 0 Å². The third-order valence-corrected chi connectivity index (χ3v) is 5.07. The first kappa shape index (κ1) is 18.7. The van der Waals surface area contributed by atoms with Crippen molar-refractivity contribution in [1.82, 2.24) is 25.3 Å². The van der Waals surface area contributed by atoms with Gasteiger partial charge in [-0.05, 0) is 38.0 Å². The van der Waals surface area contributed by atoms with Gasteiger partial charge in [-0.25, -0.2) is 15.0 Å². The number of anilines is 2. The van der Waals surface area contributed by atoms with Gasteiger partial charge in [-0.1, -0.05) is 12.1 Å². The summed E-state index contributed by atoms with van der Waals surface area (Å²) in [6.45, 7) is 5.57. The van der Waals surface area contributed by atoms with Crippen LogP contribution in [0.2, 0.25) is 0 Å². The van der Waals surface area contributed by atoms with Crippen LogP contribution < -0.4 is 10.2 Å². The van der Waals surface area contributed by atoms with E-state index in [4.69, 9.17) is 0 Å². The molecule has 1 aliphatic rings. The molecular formula is C21H20N6O2. The molecule has 1 aliphatic heterocycles. The molecule has 0 spiro atoms. The van der Waals surface area contributed by atoms with E-state index in [1.807, 2.05) is 39.0 Å². The maximum absolute atomic E-state index is 13.3. The van der Waals surface area contributed by atoms with Crippen LogP contribution in [0.4, 0.5) is 11.5 Å². The zero-order valence-electron chi connectivity index (χ0n) is 16.6. The number of hydrogen-bond donors (Lipinski definition) is 1. The topological polar surface area (TPSA) is 101 Å². The minimum absolute atomic E-state index is 0.131. The minimum Gasteiger partial charge on any atom is -0.354 e. The van der Waals surface area contributed by atoms with Gasteiger partial charge in [-0.15, -0.1) is 0 Å². The average molecular weight is 388 g/mol. The lowest BCUT2D eigenvalue weighted by Gasteiger charge is -2.19. The molecule has 3 aromatic rings. The van der Waals surface area contributed by atoms with Crippen LogP contribution in [0.1, 0.15) is 35.7 Å². The number of nitrogens with zero attached hydrogens (tertiary/aromatic N) is 5. The molecule has 0 fully saturated rings. The molecule has 8 heteroatoms. The van der Waals surface area contributed by atoms with Crippen LogP contribution in [-0.2, 0) is 10.2 Å². The standard InChI is InChI=1S/C21H20N6O2/c1-12-24-8-14(9-25-12)13-5-6-15-17(7-13)27(20(29)21(15,2)3)18-11-23-10-16(26-18)19(28)22-4/h5-11H,1-4H3,(H,22,28). The molecule has 0 radical (unpaired) electrons. The number of aryl methyl sites for hydroxylation is 1. The van der Waals surface area contributed by atoms with Gasteiger partial charge in [0.1, 0.15) is 11.5 Å². The molecule has 0 saturated carbocycles. The molecule has 0 unspecified atom stereocenters. The first-order valence-corrected chi connectivity index (χ1v) is 9.15. The van der Waals surface area contributed by atoms with Gasteiger partial charge in [0.2, 0.25) is 5.91 Å². The maximum Gasteiger partial charge on any atom is 0.271 e. The Balaban J connectivity index is 1.86. The largest absolute Gasteiger partial charge is 0.354 e. The Hall–Kier alpha value is -3.68. The summed E-state index contributed by atoms with van der Waals surface area (Å²) in [5, 5.41) is 2.52. The monoisotopic (exact) mass is 388 g/mol. The zero-order valence-corrected chi connectivity index (χ0v) is 16.6. The third kappa shape index (κ3) is 3.02. The summed E-state index contributed by atoms with van der Waals surface area (Å²) in [7, 11) is 1.52. The van der Waals surface area contributed by atoms with Crippen molar-refractivity contribution in [3.8, 4) is 11.1 Å². The summed E-state index contributed by atoms with van der Waals surface area (Å²) in [6, 6.07) is 5.82. The average Bonchev–Trinajstić information content (AvgIpc) is 2.93. The van der Waals surface area contributed by atoms with Crippen LogP contribution in [0.5, 0.6) is 0 Å². The molecule has 0 atom stereocenters. The fraction of sp³-hybridized carbons (Fsp3) is 0.238. The SMILES string of the molecule is CNC(=O)c1cncc(N2C(=O)C(C)(C)c3ccc(-c4cnc(C)nc4)cc32)n1. The van der Waals surface area contributed by atoms with Crippen molar-refractivity contribution in [2.45, 2.75) is 26.2 Å². The van der Waals surface area contributed by atoms with Gasteiger partial charge in [0, 0.05) is 25.0 Å². The van der Waals surface area contributed by atoms with E-state index in [1.165, 1.54) is 24.3 Å². The smallest absolute Gasteiger partial charge is 0.271 e. The Morgan fingerprint density at radius 1 is 1.07 bits per heavy atom. The molecule has 0 bridgehead atoms. The number of fused-ring (bicyclic) bond motifs is 1.